The van der Waals surface area contributed by atoms with E-state index in [-0.39, 0.29) is 11.7 Å². The van der Waals surface area contributed by atoms with Gasteiger partial charge in [-0.15, -0.1) is 0 Å². The Morgan fingerprint density at radius 2 is 1.75 bits per heavy atom. The highest BCUT2D eigenvalue weighted by Gasteiger charge is 2.21. The van der Waals surface area contributed by atoms with Gasteiger partial charge in [0.05, 0.1) is 0 Å². The van der Waals surface area contributed by atoms with Crippen molar-refractivity contribution >= 4 is 23.4 Å². The fraction of sp³-hybridized carbons (Fsp3) is 0.320. The zero-order chi connectivity index (χ0) is 22.9. The normalized spacial score (nSPS) is 11.8. The predicted molar refractivity (Wildman–Crippen MR) is 127 cm³/mol. The number of rotatable bonds is 10. The molecule has 0 fully saturated rings. The minimum atomic E-state index is -0.434. The number of amides is 1. The molecular weight excluding hydrogens is 405 g/mol. The fourth-order valence-electron chi connectivity index (χ4n) is 3.32. The van der Waals surface area contributed by atoms with E-state index in [4.69, 9.17) is 0 Å². The Kier molecular flexibility index (Phi) is 8.14. The van der Waals surface area contributed by atoms with Crippen molar-refractivity contribution in [2.45, 2.75) is 39.7 Å². The molecule has 6 nitrogen and oxygen atoms in total. The average Bonchev–Trinajstić information content (AvgIpc) is 2.75. The molecule has 0 spiro atoms. The van der Waals surface area contributed by atoms with Crippen LogP contribution in [0.2, 0.25) is 0 Å². The second kappa shape index (κ2) is 11.2. The summed E-state index contributed by atoms with van der Waals surface area (Å²) in [5.41, 5.74) is 2.58. The maximum Gasteiger partial charge on any atom is 0.246 e. The van der Waals surface area contributed by atoms with Gasteiger partial charge in [-0.1, -0.05) is 44.2 Å². The summed E-state index contributed by atoms with van der Waals surface area (Å²) in [5, 5.41) is 9.46. The van der Waals surface area contributed by atoms with Crippen LogP contribution in [0.4, 0.5) is 21.8 Å². The number of carbonyl (C=O) groups is 1. The van der Waals surface area contributed by atoms with E-state index in [1.807, 2.05) is 43.3 Å². The SMILES string of the molecule is Cc1cc(N[C@@H](CC(C)C)C(=O)Nc2ccccc2)nc(NCCc2ccc(F)cc2)n1. The lowest BCUT2D eigenvalue weighted by Crippen LogP contribution is -2.36. The molecule has 0 aliphatic rings. The number of hydrogen-bond acceptors (Lipinski definition) is 5. The van der Waals surface area contributed by atoms with E-state index in [0.717, 1.165) is 23.4 Å². The Hall–Kier alpha value is -3.48. The van der Waals surface area contributed by atoms with E-state index in [1.165, 1.54) is 12.1 Å². The highest BCUT2D eigenvalue weighted by Crippen LogP contribution is 2.16. The minimum Gasteiger partial charge on any atom is -0.358 e. The Balaban J connectivity index is 1.65. The largest absolute Gasteiger partial charge is 0.358 e. The summed E-state index contributed by atoms with van der Waals surface area (Å²) in [5.74, 6) is 1.06. The Labute approximate surface area is 188 Å². The van der Waals surface area contributed by atoms with Crippen molar-refractivity contribution < 1.29 is 9.18 Å². The van der Waals surface area contributed by atoms with Gasteiger partial charge >= 0.3 is 0 Å². The molecule has 0 saturated heterocycles. The van der Waals surface area contributed by atoms with Crippen molar-refractivity contribution in [3.8, 4) is 0 Å². The molecular formula is C25H30FN5O. The third-order valence-electron chi connectivity index (χ3n) is 4.85. The maximum atomic E-state index is 13.1. The van der Waals surface area contributed by atoms with Gasteiger partial charge in [-0.2, -0.15) is 4.98 Å². The van der Waals surface area contributed by atoms with E-state index in [0.29, 0.717) is 30.6 Å². The fourth-order valence-corrected chi connectivity index (χ4v) is 3.32. The number of halogens is 1. The van der Waals surface area contributed by atoms with Gasteiger partial charge in [0.1, 0.15) is 17.7 Å². The summed E-state index contributed by atoms with van der Waals surface area (Å²) in [6, 6.07) is 17.2. The van der Waals surface area contributed by atoms with E-state index in [2.05, 4.69) is 39.8 Å². The van der Waals surface area contributed by atoms with E-state index in [1.54, 1.807) is 12.1 Å². The van der Waals surface area contributed by atoms with Crippen LogP contribution in [-0.2, 0) is 11.2 Å². The Morgan fingerprint density at radius 1 is 1.03 bits per heavy atom. The van der Waals surface area contributed by atoms with Crippen LogP contribution in [-0.4, -0.2) is 28.5 Å². The van der Waals surface area contributed by atoms with Crippen molar-refractivity contribution in [1.82, 2.24) is 9.97 Å². The molecule has 168 valence electrons. The summed E-state index contributed by atoms with van der Waals surface area (Å²) >= 11 is 0. The molecule has 3 aromatic rings. The van der Waals surface area contributed by atoms with Crippen molar-refractivity contribution in [3.05, 3.63) is 77.7 Å². The minimum absolute atomic E-state index is 0.105. The smallest absolute Gasteiger partial charge is 0.246 e. The maximum absolute atomic E-state index is 13.1. The molecule has 32 heavy (non-hydrogen) atoms. The number of nitrogens with one attached hydrogen (secondary N) is 3. The lowest BCUT2D eigenvalue weighted by molar-refractivity contribution is -0.117. The summed E-state index contributed by atoms with van der Waals surface area (Å²) in [6.45, 7) is 6.66. The summed E-state index contributed by atoms with van der Waals surface area (Å²) in [4.78, 5) is 21.9. The molecule has 1 amide bonds. The zero-order valence-corrected chi connectivity index (χ0v) is 18.7. The van der Waals surface area contributed by atoms with Gasteiger partial charge < -0.3 is 16.0 Å². The van der Waals surface area contributed by atoms with Crippen LogP contribution in [0.1, 0.15) is 31.5 Å². The van der Waals surface area contributed by atoms with Crippen LogP contribution in [0.3, 0.4) is 0 Å². The van der Waals surface area contributed by atoms with Crippen LogP contribution in [0.15, 0.2) is 60.7 Å². The van der Waals surface area contributed by atoms with Crippen LogP contribution >= 0.6 is 0 Å². The summed E-state index contributed by atoms with van der Waals surface area (Å²) in [6.07, 6.45) is 1.38. The number of aryl methyl sites for hydroxylation is 1. The molecule has 0 saturated carbocycles. The molecule has 2 aromatic carbocycles. The lowest BCUT2D eigenvalue weighted by Gasteiger charge is -2.21. The van der Waals surface area contributed by atoms with Crippen molar-refractivity contribution in [3.63, 3.8) is 0 Å². The number of aromatic nitrogens is 2. The van der Waals surface area contributed by atoms with Gasteiger partial charge in [-0.3, -0.25) is 4.79 Å². The molecule has 1 heterocycles. The van der Waals surface area contributed by atoms with Crippen LogP contribution in [0, 0.1) is 18.7 Å². The molecule has 0 aliphatic heterocycles. The van der Waals surface area contributed by atoms with Gasteiger partial charge in [-0.25, -0.2) is 9.37 Å². The van der Waals surface area contributed by atoms with E-state index in [9.17, 15) is 9.18 Å². The molecule has 0 bridgehead atoms. The van der Waals surface area contributed by atoms with E-state index >= 15 is 0 Å². The van der Waals surface area contributed by atoms with Crippen LogP contribution < -0.4 is 16.0 Å². The highest BCUT2D eigenvalue weighted by molar-refractivity contribution is 5.96. The van der Waals surface area contributed by atoms with Crippen LogP contribution in [0.5, 0.6) is 0 Å². The number of anilines is 3. The number of carbonyl (C=O) groups excluding carboxylic acids is 1. The average molecular weight is 436 g/mol. The van der Waals surface area contributed by atoms with Crippen molar-refractivity contribution in [2.24, 2.45) is 5.92 Å². The van der Waals surface area contributed by atoms with E-state index < -0.39 is 6.04 Å². The first-order chi connectivity index (χ1) is 15.4. The standard InChI is InChI=1S/C25H30FN5O/c1-17(2)15-22(24(32)29-21-7-5-4-6-8-21)30-23-16-18(3)28-25(31-23)27-14-13-19-9-11-20(26)12-10-19/h4-12,16-17,22H,13-15H2,1-3H3,(H,29,32)(H2,27,28,30,31)/t22-/m0/s1. The van der Waals surface area contributed by atoms with Crippen LogP contribution in [0.25, 0.3) is 0 Å². The summed E-state index contributed by atoms with van der Waals surface area (Å²) in [7, 11) is 0. The molecule has 7 heteroatoms. The molecule has 1 aromatic heterocycles. The lowest BCUT2D eigenvalue weighted by atomic mass is 10.0. The molecule has 1 atom stereocenters. The van der Waals surface area contributed by atoms with Gasteiger partial charge in [0.25, 0.3) is 0 Å². The predicted octanol–water partition coefficient (Wildman–Crippen LogP) is 5.04. The second-order valence-corrected chi connectivity index (χ2v) is 8.20. The Morgan fingerprint density at radius 3 is 2.44 bits per heavy atom. The topological polar surface area (TPSA) is 78.9 Å². The molecule has 0 unspecified atom stereocenters. The highest BCUT2D eigenvalue weighted by atomic mass is 19.1. The van der Waals surface area contributed by atoms with Crippen molar-refractivity contribution in [2.75, 3.05) is 22.5 Å². The molecule has 0 aliphatic carbocycles. The third-order valence-corrected chi connectivity index (χ3v) is 4.85. The van der Waals surface area contributed by atoms with Crippen molar-refractivity contribution in [1.29, 1.82) is 0 Å². The summed E-state index contributed by atoms with van der Waals surface area (Å²) < 4.78 is 13.1. The number of nitrogens with zero attached hydrogens (tertiary/aromatic N) is 2. The molecule has 0 radical (unpaired) electrons. The monoisotopic (exact) mass is 435 g/mol. The number of hydrogen-bond donors (Lipinski definition) is 3. The first-order valence-electron chi connectivity index (χ1n) is 10.9. The zero-order valence-electron chi connectivity index (χ0n) is 18.7. The first-order valence-corrected chi connectivity index (χ1v) is 10.9. The molecule has 3 N–H and O–H groups in total. The number of para-hydroxylation sites is 1. The van der Waals surface area contributed by atoms with Gasteiger partial charge in [0, 0.05) is 24.0 Å². The molecule has 3 rings (SSSR count). The first kappa shape index (κ1) is 23.2. The Bertz CT molecular complexity index is 1010. The second-order valence-electron chi connectivity index (χ2n) is 8.20. The number of benzene rings is 2. The quantitative estimate of drug-likeness (QED) is 0.416. The third kappa shape index (κ3) is 7.34. The van der Waals surface area contributed by atoms with Gasteiger partial charge in [-0.05, 0) is 55.5 Å². The van der Waals surface area contributed by atoms with Gasteiger partial charge in [0.15, 0.2) is 0 Å². The van der Waals surface area contributed by atoms with Gasteiger partial charge in [0.2, 0.25) is 11.9 Å².